The molecular weight excluding hydrogens is 532 g/mol. The van der Waals surface area contributed by atoms with Gasteiger partial charge in [-0.15, -0.1) is 0 Å². The molecular formula is C29H39ClN6O2S. The van der Waals surface area contributed by atoms with E-state index in [2.05, 4.69) is 40.9 Å². The Morgan fingerprint density at radius 2 is 1.92 bits per heavy atom. The number of urea groups is 1. The Morgan fingerprint density at radius 1 is 1.13 bits per heavy atom. The lowest BCUT2D eigenvalue weighted by Crippen LogP contribution is -2.55. The van der Waals surface area contributed by atoms with Crippen molar-refractivity contribution in [3.63, 3.8) is 0 Å². The molecule has 10 heteroatoms. The van der Waals surface area contributed by atoms with Crippen molar-refractivity contribution < 1.29 is 9.59 Å². The number of rotatable bonds is 5. The van der Waals surface area contributed by atoms with E-state index < -0.39 is 0 Å². The summed E-state index contributed by atoms with van der Waals surface area (Å²) in [6.45, 7) is 13.7. The molecule has 8 nitrogen and oxygen atoms in total. The quantitative estimate of drug-likeness (QED) is 0.282. The lowest BCUT2D eigenvalue weighted by atomic mass is 9.65. The zero-order chi connectivity index (χ0) is 27.9. The van der Waals surface area contributed by atoms with E-state index in [9.17, 15) is 9.59 Å². The second-order valence-corrected chi connectivity index (χ2v) is 14.0. The molecule has 2 saturated heterocycles. The number of fused-ring (bicyclic) bond motifs is 2. The lowest BCUT2D eigenvalue weighted by molar-refractivity contribution is -0.129. The summed E-state index contributed by atoms with van der Waals surface area (Å²) in [5.41, 5.74) is 2.38. The minimum atomic E-state index is -0.105. The SMILES string of the molecule is Cc1cccc(NC(=O)N2CCN(c3cc(Cl)nc(SCC(=O)N4C[C@@]5(C)C[C@H]4CC(C)(C)C5)n3)C[C@H]2C)c1. The van der Waals surface area contributed by atoms with Gasteiger partial charge in [0.2, 0.25) is 5.91 Å². The smallest absolute Gasteiger partial charge is 0.322 e. The molecule has 1 aromatic heterocycles. The largest absolute Gasteiger partial charge is 0.353 e. The lowest BCUT2D eigenvalue weighted by Gasteiger charge is -2.40. The fourth-order valence-corrected chi connectivity index (χ4v) is 7.93. The fourth-order valence-electron chi connectivity index (χ4n) is 6.96. The molecule has 1 aromatic carbocycles. The molecule has 2 aliphatic heterocycles. The maximum Gasteiger partial charge on any atom is 0.322 e. The number of likely N-dealkylation sites (tertiary alicyclic amines) is 1. The van der Waals surface area contributed by atoms with Gasteiger partial charge in [0.15, 0.2) is 5.16 Å². The summed E-state index contributed by atoms with van der Waals surface area (Å²) >= 11 is 7.74. The third-order valence-electron chi connectivity index (χ3n) is 8.20. The van der Waals surface area contributed by atoms with Crippen LogP contribution in [0.2, 0.25) is 5.15 Å². The van der Waals surface area contributed by atoms with Gasteiger partial charge in [-0.05, 0) is 61.6 Å². The molecule has 1 saturated carbocycles. The molecule has 0 radical (unpaired) electrons. The molecule has 3 heterocycles. The number of halogens is 1. The van der Waals surface area contributed by atoms with Gasteiger partial charge in [0.05, 0.1) is 5.75 Å². The number of nitrogens with zero attached hydrogens (tertiary/aromatic N) is 5. The van der Waals surface area contributed by atoms with E-state index in [0.717, 1.165) is 42.9 Å². The van der Waals surface area contributed by atoms with Gasteiger partial charge in [0.1, 0.15) is 11.0 Å². The first kappa shape index (κ1) is 28.0. The Hall–Kier alpha value is -2.52. The number of anilines is 2. The van der Waals surface area contributed by atoms with Crippen LogP contribution in [0.25, 0.3) is 0 Å². The number of thioether (sulfide) groups is 1. The van der Waals surface area contributed by atoms with E-state index in [1.54, 1.807) is 6.07 Å². The Morgan fingerprint density at radius 3 is 2.67 bits per heavy atom. The zero-order valence-electron chi connectivity index (χ0n) is 23.5. The van der Waals surface area contributed by atoms with E-state index in [1.807, 2.05) is 43.0 Å². The Labute approximate surface area is 240 Å². The molecule has 1 N–H and O–H groups in total. The second-order valence-electron chi connectivity index (χ2n) is 12.6. The monoisotopic (exact) mass is 570 g/mol. The van der Waals surface area contributed by atoms with Crippen LogP contribution in [0, 0.1) is 17.8 Å². The molecule has 0 unspecified atom stereocenters. The number of nitrogens with one attached hydrogen (secondary N) is 1. The number of hydrogen-bond acceptors (Lipinski definition) is 6. The first-order valence-corrected chi connectivity index (χ1v) is 15.1. The molecule has 3 amide bonds. The summed E-state index contributed by atoms with van der Waals surface area (Å²) in [5.74, 6) is 1.18. The third kappa shape index (κ3) is 6.46. The van der Waals surface area contributed by atoms with Crippen LogP contribution in [0.1, 0.15) is 52.5 Å². The average molecular weight is 571 g/mol. The van der Waals surface area contributed by atoms with E-state index in [-0.39, 0.29) is 28.8 Å². The number of amides is 3. The number of piperazine rings is 1. The van der Waals surface area contributed by atoms with Crippen molar-refractivity contribution in [2.75, 3.05) is 42.1 Å². The summed E-state index contributed by atoms with van der Waals surface area (Å²) < 4.78 is 0. The highest BCUT2D eigenvalue weighted by Gasteiger charge is 2.50. The Bertz CT molecular complexity index is 1260. The highest BCUT2D eigenvalue weighted by Crippen LogP contribution is 2.52. The van der Waals surface area contributed by atoms with Gasteiger partial charge in [-0.2, -0.15) is 0 Å². The molecule has 5 rings (SSSR count). The Kier molecular flexibility index (Phi) is 7.76. The van der Waals surface area contributed by atoms with Crippen LogP contribution < -0.4 is 10.2 Å². The second kappa shape index (κ2) is 10.8. The number of aryl methyl sites for hydroxylation is 1. The fraction of sp³-hybridized carbons (Fsp3) is 0.586. The number of benzene rings is 1. The van der Waals surface area contributed by atoms with Crippen LogP contribution >= 0.6 is 23.4 Å². The molecule has 1 aliphatic carbocycles. The minimum absolute atomic E-state index is 0.0184. The molecule has 2 bridgehead atoms. The van der Waals surface area contributed by atoms with Gasteiger partial charge in [-0.25, -0.2) is 14.8 Å². The maximum atomic E-state index is 13.2. The van der Waals surface area contributed by atoms with Crippen LogP contribution in [0.15, 0.2) is 35.5 Å². The molecule has 210 valence electrons. The van der Waals surface area contributed by atoms with E-state index in [1.165, 1.54) is 11.8 Å². The Balaban J connectivity index is 1.19. The van der Waals surface area contributed by atoms with Gasteiger partial charge in [0, 0.05) is 50.0 Å². The molecule has 3 aliphatic rings. The topological polar surface area (TPSA) is 81.7 Å². The highest BCUT2D eigenvalue weighted by molar-refractivity contribution is 7.99. The predicted molar refractivity (Wildman–Crippen MR) is 158 cm³/mol. The first-order chi connectivity index (χ1) is 18.4. The highest BCUT2D eigenvalue weighted by atomic mass is 35.5. The third-order valence-corrected chi connectivity index (χ3v) is 9.23. The van der Waals surface area contributed by atoms with Gasteiger partial charge in [-0.3, -0.25) is 4.79 Å². The van der Waals surface area contributed by atoms with Crippen LogP contribution in [-0.4, -0.2) is 75.7 Å². The van der Waals surface area contributed by atoms with Crippen LogP contribution in [0.3, 0.4) is 0 Å². The zero-order valence-corrected chi connectivity index (χ0v) is 25.1. The van der Waals surface area contributed by atoms with Gasteiger partial charge in [0.25, 0.3) is 0 Å². The van der Waals surface area contributed by atoms with Crippen molar-refractivity contribution >= 4 is 46.8 Å². The van der Waals surface area contributed by atoms with Crippen LogP contribution in [-0.2, 0) is 4.79 Å². The van der Waals surface area contributed by atoms with E-state index in [0.29, 0.717) is 41.7 Å². The molecule has 3 atom stereocenters. The van der Waals surface area contributed by atoms with Gasteiger partial charge < -0.3 is 20.0 Å². The average Bonchev–Trinajstić information content (AvgIpc) is 3.10. The summed E-state index contributed by atoms with van der Waals surface area (Å²) in [6, 6.07) is 9.76. The van der Waals surface area contributed by atoms with Gasteiger partial charge >= 0.3 is 6.03 Å². The number of hydrogen-bond donors (Lipinski definition) is 1. The maximum absolute atomic E-state index is 13.2. The number of aromatic nitrogens is 2. The van der Waals surface area contributed by atoms with Crippen molar-refractivity contribution in [3.8, 4) is 0 Å². The summed E-state index contributed by atoms with van der Waals surface area (Å²) in [6.07, 6.45) is 3.31. The molecule has 39 heavy (non-hydrogen) atoms. The number of carbonyl (C=O) groups is 2. The molecule has 2 aromatic rings. The predicted octanol–water partition coefficient (Wildman–Crippen LogP) is 5.70. The normalized spacial score (nSPS) is 26.1. The molecule has 0 spiro atoms. The van der Waals surface area contributed by atoms with Crippen molar-refractivity contribution in [3.05, 3.63) is 41.0 Å². The summed E-state index contributed by atoms with van der Waals surface area (Å²) in [5, 5.41) is 3.87. The van der Waals surface area contributed by atoms with E-state index in [4.69, 9.17) is 16.6 Å². The van der Waals surface area contributed by atoms with Crippen molar-refractivity contribution in [2.45, 2.75) is 71.1 Å². The minimum Gasteiger partial charge on any atom is -0.353 e. The van der Waals surface area contributed by atoms with Gasteiger partial charge in [-0.1, -0.05) is 56.3 Å². The number of carbonyl (C=O) groups excluding carboxylic acids is 2. The summed E-state index contributed by atoms with van der Waals surface area (Å²) in [7, 11) is 0. The van der Waals surface area contributed by atoms with E-state index >= 15 is 0 Å². The van der Waals surface area contributed by atoms with Crippen LogP contribution in [0.4, 0.5) is 16.3 Å². The van der Waals surface area contributed by atoms with Crippen molar-refractivity contribution in [1.29, 1.82) is 0 Å². The van der Waals surface area contributed by atoms with Crippen molar-refractivity contribution in [1.82, 2.24) is 19.8 Å². The first-order valence-electron chi connectivity index (χ1n) is 13.8. The molecule has 3 fully saturated rings. The van der Waals surface area contributed by atoms with Crippen LogP contribution in [0.5, 0.6) is 0 Å². The van der Waals surface area contributed by atoms with Crippen molar-refractivity contribution in [2.24, 2.45) is 10.8 Å². The summed E-state index contributed by atoms with van der Waals surface area (Å²) in [4.78, 5) is 41.4. The standard InChI is InChI=1S/C29H39ClN6O2S/c1-19-7-6-8-21(11-19)31-27(38)35-10-9-34(15-20(35)2)24-12-23(30)32-26(33-24)39-16-25(37)36-18-29(5)14-22(36)13-28(3,4)17-29/h6-8,11-12,20,22H,9-10,13-18H2,1-5H3,(H,31,38)/t20-,22-,29+/m1/s1.